The van der Waals surface area contributed by atoms with Gasteiger partial charge in [-0.3, -0.25) is 0 Å². The van der Waals surface area contributed by atoms with Crippen molar-refractivity contribution >= 4 is 11.3 Å². The lowest BCUT2D eigenvalue weighted by atomic mass is 10.0. The molecule has 0 bridgehead atoms. The van der Waals surface area contributed by atoms with Crippen molar-refractivity contribution in [3.63, 3.8) is 0 Å². The Morgan fingerprint density at radius 3 is 2.76 bits per heavy atom. The highest BCUT2D eigenvalue weighted by Crippen LogP contribution is 2.30. The van der Waals surface area contributed by atoms with Gasteiger partial charge in [0.05, 0.1) is 0 Å². The monoisotopic (exact) mass is 243 g/mol. The van der Waals surface area contributed by atoms with Gasteiger partial charge in [-0.05, 0) is 49.5 Å². The van der Waals surface area contributed by atoms with Crippen LogP contribution in [0.15, 0.2) is 42.5 Å². The zero-order chi connectivity index (χ0) is 11.5. The minimum atomic E-state index is 0.845. The van der Waals surface area contributed by atoms with Crippen molar-refractivity contribution in [2.75, 3.05) is 13.1 Å². The maximum absolute atomic E-state index is 3.44. The predicted molar refractivity (Wildman–Crippen MR) is 74.4 cm³/mol. The Morgan fingerprint density at radius 2 is 2.00 bits per heavy atom. The van der Waals surface area contributed by atoms with Gasteiger partial charge in [-0.15, -0.1) is 11.3 Å². The summed E-state index contributed by atoms with van der Waals surface area (Å²) in [6.45, 7) is 2.39. The quantitative estimate of drug-likeness (QED) is 0.869. The van der Waals surface area contributed by atoms with Crippen LogP contribution in [0.5, 0.6) is 0 Å². The number of thiophene rings is 1. The summed E-state index contributed by atoms with van der Waals surface area (Å²) in [5, 5.41) is 3.44. The average Bonchev–Trinajstić information content (AvgIpc) is 3.02. The molecule has 88 valence electrons. The second kappa shape index (κ2) is 5.03. The summed E-state index contributed by atoms with van der Waals surface area (Å²) >= 11 is 1.95. The van der Waals surface area contributed by atoms with Crippen molar-refractivity contribution in [3.05, 3.63) is 47.3 Å². The zero-order valence-electron chi connectivity index (χ0n) is 9.86. The van der Waals surface area contributed by atoms with E-state index in [1.54, 1.807) is 0 Å². The van der Waals surface area contributed by atoms with E-state index in [0.717, 1.165) is 5.92 Å². The van der Waals surface area contributed by atoms with Crippen molar-refractivity contribution in [1.82, 2.24) is 5.32 Å². The largest absolute Gasteiger partial charge is 0.316 e. The fourth-order valence-corrected chi connectivity index (χ4v) is 3.55. The lowest BCUT2D eigenvalue weighted by Gasteiger charge is -2.04. The molecular formula is C15H17NS. The first-order chi connectivity index (χ1) is 8.42. The topological polar surface area (TPSA) is 12.0 Å². The van der Waals surface area contributed by atoms with Crippen molar-refractivity contribution in [2.45, 2.75) is 12.8 Å². The smallest absolute Gasteiger partial charge is 0.0345 e. The third-order valence-corrected chi connectivity index (χ3v) is 4.53. The average molecular weight is 243 g/mol. The number of benzene rings is 1. The SMILES string of the molecule is c1ccc(-c2ccc(CC3CCNC3)s2)cc1. The summed E-state index contributed by atoms with van der Waals surface area (Å²) in [5.41, 5.74) is 1.34. The summed E-state index contributed by atoms with van der Waals surface area (Å²) in [7, 11) is 0. The van der Waals surface area contributed by atoms with Crippen LogP contribution in [0.3, 0.4) is 0 Å². The summed E-state index contributed by atoms with van der Waals surface area (Å²) in [5.74, 6) is 0.845. The minimum absolute atomic E-state index is 0.845. The standard InChI is InChI=1S/C15H17NS/c1-2-4-13(5-3-1)15-7-6-14(17-15)10-12-8-9-16-11-12/h1-7,12,16H,8-11H2. The van der Waals surface area contributed by atoms with Gasteiger partial charge >= 0.3 is 0 Å². The van der Waals surface area contributed by atoms with E-state index in [2.05, 4.69) is 47.8 Å². The number of rotatable bonds is 3. The zero-order valence-corrected chi connectivity index (χ0v) is 10.7. The van der Waals surface area contributed by atoms with Gasteiger partial charge in [-0.1, -0.05) is 30.3 Å². The molecule has 0 radical (unpaired) electrons. The van der Waals surface area contributed by atoms with Crippen molar-refractivity contribution < 1.29 is 0 Å². The summed E-state index contributed by atoms with van der Waals surface area (Å²) < 4.78 is 0. The van der Waals surface area contributed by atoms with Gasteiger partial charge in [0.25, 0.3) is 0 Å². The predicted octanol–water partition coefficient (Wildman–Crippen LogP) is 3.57. The molecule has 1 aromatic carbocycles. The summed E-state index contributed by atoms with van der Waals surface area (Å²) in [6, 6.07) is 15.2. The molecule has 1 aliphatic heterocycles. The maximum atomic E-state index is 3.44. The molecule has 0 saturated carbocycles. The molecule has 1 aliphatic rings. The van der Waals surface area contributed by atoms with E-state index < -0.39 is 0 Å². The second-order valence-electron chi connectivity index (χ2n) is 4.69. The van der Waals surface area contributed by atoms with Crippen LogP contribution in [0.25, 0.3) is 10.4 Å². The van der Waals surface area contributed by atoms with E-state index in [1.165, 1.54) is 41.2 Å². The first-order valence-corrected chi connectivity index (χ1v) is 7.08. The van der Waals surface area contributed by atoms with Crippen molar-refractivity contribution in [1.29, 1.82) is 0 Å². The summed E-state index contributed by atoms with van der Waals surface area (Å²) in [6.07, 6.45) is 2.57. The molecule has 2 heterocycles. The fourth-order valence-electron chi connectivity index (χ4n) is 2.42. The van der Waals surface area contributed by atoms with Crippen LogP contribution >= 0.6 is 11.3 Å². The van der Waals surface area contributed by atoms with Gasteiger partial charge in [-0.25, -0.2) is 0 Å². The molecule has 0 amide bonds. The molecule has 0 spiro atoms. The van der Waals surface area contributed by atoms with Crippen molar-refractivity contribution in [2.24, 2.45) is 5.92 Å². The van der Waals surface area contributed by atoms with E-state index in [1.807, 2.05) is 11.3 Å². The van der Waals surface area contributed by atoms with Crippen LogP contribution < -0.4 is 5.32 Å². The van der Waals surface area contributed by atoms with Gasteiger partial charge in [0.1, 0.15) is 0 Å². The number of hydrogen-bond acceptors (Lipinski definition) is 2. The fraction of sp³-hybridized carbons (Fsp3) is 0.333. The highest BCUT2D eigenvalue weighted by molar-refractivity contribution is 7.15. The molecule has 1 N–H and O–H groups in total. The van der Waals surface area contributed by atoms with Gasteiger partial charge < -0.3 is 5.32 Å². The van der Waals surface area contributed by atoms with E-state index in [0.29, 0.717) is 0 Å². The normalized spacial score (nSPS) is 19.6. The van der Waals surface area contributed by atoms with Gasteiger partial charge in [0.2, 0.25) is 0 Å². The highest BCUT2D eigenvalue weighted by atomic mass is 32.1. The van der Waals surface area contributed by atoms with Crippen LogP contribution in [-0.4, -0.2) is 13.1 Å². The van der Waals surface area contributed by atoms with Crippen molar-refractivity contribution in [3.8, 4) is 10.4 Å². The van der Waals surface area contributed by atoms with Crippen LogP contribution in [0, 0.1) is 5.92 Å². The van der Waals surface area contributed by atoms with Gasteiger partial charge in [0, 0.05) is 9.75 Å². The molecule has 0 aliphatic carbocycles. The highest BCUT2D eigenvalue weighted by Gasteiger charge is 2.15. The molecule has 1 nitrogen and oxygen atoms in total. The lowest BCUT2D eigenvalue weighted by molar-refractivity contribution is 0.585. The summed E-state index contributed by atoms with van der Waals surface area (Å²) in [4.78, 5) is 2.92. The molecule has 2 aromatic rings. The third kappa shape index (κ3) is 2.59. The Bertz CT molecular complexity index is 469. The van der Waals surface area contributed by atoms with Gasteiger partial charge in [-0.2, -0.15) is 0 Å². The van der Waals surface area contributed by atoms with E-state index >= 15 is 0 Å². The van der Waals surface area contributed by atoms with E-state index in [9.17, 15) is 0 Å². The molecule has 1 saturated heterocycles. The number of hydrogen-bond donors (Lipinski definition) is 1. The number of nitrogens with one attached hydrogen (secondary N) is 1. The Kier molecular flexibility index (Phi) is 3.25. The molecule has 17 heavy (non-hydrogen) atoms. The Hall–Kier alpha value is -1.12. The van der Waals surface area contributed by atoms with Crippen LogP contribution in [-0.2, 0) is 6.42 Å². The molecule has 1 fully saturated rings. The Morgan fingerprint density at radius 1 is 1.12 bits per heavy atom. The van der Waals surface area contributed by atoms with Crippen LogP contribution in [0.2, 0.25) is 0 Å². The van der Waals surface area contributed by atoms with Crippen LogP contribution in [0.1, 0.15) is 11.3 Å². The van der Waals surface area contributed by atoms with E-state index in [4.69, 9.17) is 0 Å². The molecule has 3 rings (SSSR count). The van der Waals surface area contributed by atoms with E-state index in [-0.39, 0.29) is 0 Å². The van der Waals surface area contributed by atoms with Crippen LogP contribution in [0.4, 0.5) is 0 Å². The molecule has 1 aromatic heterocycles. The third-order valence-electron chi connectivity index (χ3n) is 3.37. The molecular weight excluding hydrogens is 226 g/mol. The molecule has 2 heteroatoms. The minimum Gasteiger partial charge on any atom is -0.316 e. The van der Waals surface area contributed by atoms with Gasteiger partial charge in [0.15, 0.2) is 0 Å². The second-order valence-corrected chi connectivity index (χ2v) is 5.86. The first-order valence-electron chi connectivity index (χ1n) is 6.27. The Balaban J connectivity index is 1.74. The maximum Gasteiger partial charge on any atom is 0.0345 e. The first kappa shape index (κ1) is 11.0. The molecule has 1 unspecified atom stereocenters. The Labute approximate surface area is 106 Å². The molecule has 1 atom stereocenters. The lowest BCUT2D eigenvalue weighted by Crippen LogP contribution is -2.10.